The standard InChI is InChI=1S/C10H15N5O/c1-3-16-7(2)4-11-9-8-10(13-5-12-8)15-6-14-9/h5-7H,3-4H2,1-2H3,(H2,11,12,13,14,15). The fraction of sp³-hybridized carbons (Fsp3) is 0.500. The summed E-state index contributed by atoms with van der Waals surface area (Å²) >= 11 is 0. The van der Waals surface area contributed by atoms with Crippen LogP contribution in [-0.2, 0) is 4.74 Å². The molecule has 2 aromatic rings. The van der Waals surface area contributed by atoms with Gasteiger partial charge in [-0.1, -0.05) is 0 Å². The quantitative estimate of drug-likeness (QED) is 0.793. The number of ether oxygens (including phenoxy) is 1. The van der Waals surface area contributed by atoms with E-state index in [0.717, 1.165) is 11.3 Å². The van der Waals surface area contributed by atoms with E-state index in [2.05, 4.69) is 25.3 Å². The second-order valence-electron chi connectivity index (χ2n) is 3.47. The molecule has 2 N–H and O–H groups in total. The van der Waals surface area contributed by atoms with E-state index in [1.165, 1.54) is 6.33 Å². The van der Waals surface area contributed by atoms with Crippen molar-refractivity contribution in [1.29, 1.82) is 0 Å². The fourth-order valence-corrected chi connectivity index (χ4v) is 1.48. The summed E-state index contributed by atoms with van der Waals surface area (Å²) < 4.78 is 5.43. The van der Waals surface area contributed by atoms with Crippen molar-refractivity contribution in [2.45, 2.75) is 20.0 Å². The molecule has 16 heavy (non-hydrogen) atoms. The molecule has 0 aromatic carbocycles. The van der Waals surface area contributed by atoms with Crippen LogP contribution in [0.3, 0.4) is 0 Å². The van der Waals surface area contributed by atoms with Gasteiger partial charge in [0.25, 0.3) is 0 Å². The molecule has 0 spiro atoms. The largest absolute Gasteiger partial charge is 0.377 e. The predicted octanol–water partition coefficient (Wildman–Crippen LogP) is 1.19. The first-order chi connectivity index (χ1) is 7.81. The number of aromatic nitrogens is 4. The molecule has 1 atom stereocenters. The van der Waals surface area contributed by atoms with Gasteiger partial charge in [0.1, 0.15) is 11.8 Å². The lowest BCUT2D eigenvalue weighted by Crippen LogP contribution is -2.20. The van der Waals surface area contributed by atoms with Crippen LogP contribution in [0.4, 0.5) is 5.82 Å². The number of anilines is 1. The molecule has 0 bridgehead atoms. The van der Waals surface area contributed by atoms with Crippen LogP contribution in [-0.4, -0.2) is 39.2 Å². The van der Waals surface area contributed by atoms with Crippen molar-refractivity contribution < 1.29 is 4.74 Å². The lowest BCUT2D eigenvalue weighted by Gasteiger charge is -2.12. The van der Waals surface area contributed by atoms with Gasteiger partial charge < -0.3 is 15.0 Å². The minimum atomic E-state index is 0.151. The first-order valence-electron chi connectivity index (χ1n) is 5.30. The highest BCUT2D eigenvalue weighted by molar-refractivity contribution is 5.81. The number of hydrogen-bond donors (Lipinski definition) is 2. The molecular weight excluding hydrogens is 206 g/mol. The molecule has 1 unspecified atom stereocenters. The molecule has 6 nitrogen and oxygen atoms in total. The Balaban J connectivity index is 2.06. The summed E-state index contributed by atoms with van der Waals surface area (Å²) in [5.41, 5.74) is 1.49. The Morgan fingerprint density at radius 2 is 2.31 bits per heavy atom. The van der Waals surface area contributed by atoms with Crippen molar-refractivity contribution in [3.63, 3.8) is 0 Å². The molecule has 86 valence electrons. The summed E-state index contributed by atoms with van der Waals surface area (Å²) in [4.78, 5) is 15.3. The number of imidazole rings is 1. The topological polar surface area (TPSA) is 75.7 Å². The number of rotatable bonds is 5. The normalized spacial score (nSPS) is 12.9. The highest BCUT2D eigenvalue weighted by Crippen LogP contribution is 2.14. The second-order valence-corrected chi connectivity index (χ2v) is 3.47. The zero-order valence-electron chi connectivity index (χ0n) is 9.40. The van der Waals surface area contributed by atoms with E-state index >= 15 is 0 Å². The Morgan fingerprint density at radius 1 is 1.44 bits per heavy atom. The first-order valence-corrected chi connectivity index (χ1v) is 5.30. The zero-order chi connectivity index (χ0) is 11.4. The van der Waals surface area contributed by atoms with Crippen molar-refractivity contribution >= 4 is 17.0 Å². The highest BCUT2D eigenvalue weighted by atomic mass is 16.5. The highest BCUT2D eigenvalue weighted by Gasteiger charge is 2.06. The molecule has 0 aliphatic heterocycles. The van der Waals surface area contributed by atoms with Crippen LogP contribution in [0.2, 0.25) is 0 Å². The average molecular weight is 221 g/mol. The van der Waals surface area contributed by atoms with E-state index < -0.39 is 0 Å². The number of hydrogen-bond acceptors (Lipinski definition) is 5. The number of nitrogens with one attached hydrogen (secondary N) is 2. The van der Waals surface area contributed by atoms with Gasteiger partial charge >= 0.3 is 0 Å². The third kappa shape index (κ3) is 2.27. The Hall–Kier alpha value is -1.69. The lowest BCUT2D eigenvalue weighted by molar-refractivity contribution is 0.0855. The monoisotopic (exact) mass is 221 g/mol. The molecule has 0 radical (unpaired) electrons. The van der Waals surface area contributed by atoms with Crippen LogP contribution in [0.25, 0.3) is 11.2 Å². The van der Waals surface area contributed by atoms with E-state index in [1.807, 2.05) is 13.8 Å². The van der Waals surface area contributed by atoms with Gasteiger partial charge in [-0.3, -0.25) is 0 Å². The lowest BCUT2D eigenvalue weighted by atomic mass is 10.4. The van der Waals surface area contributed by atoms with Crippen molar-refractivity contribution in [2.75, 3.05) is 18.5 Å². The molecule has 0 fully saturated rings. The van der Waals surface area contributed by atoms with E-state index in [1.54, 1.807) is 6.33 Å². The number of aromatic amines is 1. The molecular formula is C10H15N5O. The smallest absolute Gasteiger partial charge is 0.182 e. The van der Waals surface area contributed by atoms with E-state index in [-0.39, 0.29) is 6.10 Å². The molecule has 0 aliphatic carbocycles. The second kappa shape index (κ2) is 4.89. The third-order valence-electron chi connectivity index (χ3n) is 2.23. The SMILES string of the molecule is CCOC(C)CNc1ncnc2nc[nH]c12. The molecule has 6 heteroatoms. The fourth-order valence-electron chi connectivity index (χ4n) is 1.48. The van der Waals surface area contributed by atoms with Crippen LogP contribution in [0.1, 0.15) is 13.8 Å². The van der Waals surface area contributed by atoms with Crippen LogP contribution >= 0.6 is 0 Å². The van der Waals surface area contributed by atoms with Crippen LogP contribution < -0.4 is 5.32 Å². The zero-order valence-corrected chi connectivity index (χ0v) is 9.40. The summed E-state index contributed by atoms with van der Waals surface area (Å²) in [5.74, 6) is 0.758. The summed E-state index contributed by atoms with van der Waals surface area (Å²) in [6.07, 6.45) is 3.26. The molecule has 2 aromatic heterocycles. The van der Waals surface area contributed by atoms with Crippen LogP contribution in [0.5, 0.6) is 0 Å². The summed E-state index contributed by atoms with van der Waals surface area (Å²) in [7, 11) is 0. The molecule has 0 amide bonds. The minimum absolute atomic E-state index is 0.151. The molecule has 0 saturated heterocycles. The number of H-pyrrole nitrogens is 1. The molecule has 2 rings (SSSR count). The molecule has 0 saturated carbocycles. The van der Waals surface area contributed by atoms with E-state index in [0.29, 0.717) is 18.8 Å². The van der Waals surface area contributed by atoms with Gasteiger partial charge in [-0.25, -0.2) is 15.0 Å². The van der Waals surface area contributed by atoms with Crippen LogP contribution in [0, 0.1) is 0 Å². The predicted molar refractivity (Wildman–Crippen MR) is 61.3 cm³/mol. The first kappa shape index (κ1) is 10.8. The van der Waals surface area contributed by atoms with Gasteiger partial charge in [0, 0.05) is 13.2 Å². The van der Waals surface area contributed by atoms with Crippen molar-refractivity contribution in [3.05, 3.63) is 12.7 Å². The van der Waals surface area contributed by atoms with Gasteiger partial charge in [0.2, 0.25) is 0 Å². The third-order valence-corrected chi connectivity index (χ3v) is 2.23. The molecule has 2 heterocycles. The van der Waals surface area contributed by atoms with Crippen LogP contribution in [0.15, 0.2) is 12.7 Å². The van der Waals surface area contributed by atoms with Gasteiger partial charge in [-0.15, -0.1) is 0 Å². The van der Waals surface area contributed by atoms with Gasteiger partial charge in [-0.05, 0) is 13.8 Å². The average Bonchev–Trinajstić information content (AvgIpc) is 2.75. The van der Waals surface area contributed by atoms with Crippen molar-refractivity contribution in [2.24, 2.45) is 0 Å². The summed E-state index contributed by atoms with van der Waals surface area (Å²) in [5, 5.41) is 3.21. The Kier molecular flexibility index (Phi) is 3.31. The van der Waals surface area contributed by atoms with Crippen molar-refractivity contribution in [3.8, 4) is 0 Å². The number of fused-ring (bicyclic) bond motifs is 1. The van der Waals surface area contributed by atoms with E-state index in [9.17, 15) is 0 Å². The minimum Gasteiger partial charge on any atom is -0.377 e. The number of nitrogens with zero attached hydrogens (tertiary/aromatic N) is 3. The van der Waals surface area contributed by atoms with Gasteiger partial charge in [0.05, 0.1) is 12.4 Å². The maximum Gasteiger partial charge on any atom is 0.182 e. The molecule has 0 aliphatic rings. The summed E-state index contributed by atoms with van der Waals surface area (Å²) in [6, 6.07) is 0. The van der Waals surface area contributed by atoms with E-state index in [4.69, 9.17) is 4.74 Å². The Morgan fingerprint density at radius 3 is 3.12 bits per heavy atom. The Labute approximate surface area is 93.5 Å². The maximum absolute atomic E-state index is 5.43. The Bertz CT molecular complexity index is 455. The summed E-state index contributed by atoms with van der Waals surface area (Å²) in [6.45, 7) is 5.42. The van der Waals surface area contributed by atoms with Gasteiger partial charge in [0.15, 0.2) is 11.5 Å². The maximum atomic E-state index is 5.43. The van der Waals surface area contributed by atoms with Gasteiger partial charge in [-0.2, -0.15) is 0 Å². The van der Waals surface area contributed by atoms with Crippen molar-refractivity contribution in [1.82, 2.24) is 19.9 Å².